The largest absolute Gasteiger partial charge is 0.497 e. The van der Waals surface area contributed by atoms with Gasteiger partial charge in [-0.1, -0.05) is 42.5 Å². The van der Waals surface area contributed by atoms with Crippen LogP contribution in [0.3, 0.4) is 0 Å². The van der Waals surface area contributed by atoms with E-state index in [0.717, 1.165) is 22.5 Å². The Labute approximate surface area is 184 Å². The van der Waals surface area contributed by atoms with Gasteiger partial charge in [0.25, 0.3) is 5.91 Å². The molecule has 0 aliphatic carbocycles. The minimum Gasteiger partial charge on any atom is -0.497 e. The summed E-state index contributed by atoms with van der Waals surface area (Å²) in [5.74, 6) is 1.09. The number of aromatic nitrogens is 3. The third-order valence-corrected chi connectivity index (χ3v) is 5.10. The summed E-state index contributed by atoms with van der Waals surface area (Å²) >= 11 is 0. The first-order valence-electron chi connectivity index (χ1n) is 10.1. The molecule has 7 heteroatoms. The van der Waals surface area contributed by atoms with E-state index in [-0.39, 0.29) is 12.5 Å². The van der Waals surface area contributed by atoms with Gasteiger partial charge in [-0.15, -0.1) is 0 Å². The SMILES string of the molecule is COc1cccc(-c2cc(C(=O)NCc3ccco3)nc3cc(-c4ccccc4)nn23)c1. The number of rotatable bonds is 6. The molecule has 1 N–H and O–H groups in total. The lowest BCUT2D eigenvalue weighted by Crippen LogP contribution is -2.24. The Kier molecular flexibility index (Phi) is 5.13. The second kappa shape index (κ2) is 8.39. The van der Waals surface area contributed by atoms with Gasteiger partial charge in [-0.2, -0.15) is 5.10 Å². The van der Waals surface area contributed by atoms with E-state index in [2.05, 4.69) is 10.3 Å². The number of hydrogen-bond donors (Lipinski definition) is 1. The number of amides is 1. The monoisotopic (exact) mass is 424 g/mol. The number of benzene rings is 2. The van der Waals surface area contributed by atoms with Gasteiger partial charge in [0.1, 0.15) is 17.2 Å². The van der Waals surface area contributed by atoms with E-state index in [1.165, 1.54) is 0 Å². The average Bonchev–Trinajstić information content (AvgIpc) is 3.52. The molecule has 0 spiro atoms. The highest BCUT2D eigenvalue weighted by atomic mass is 16.5. The number of ether oxygens (including phenoxy) is 1. The van der Waals surface area contributed by atoms with Gasteiger partial charge in [-0.25, -0.2) is 9.50 Å². The Morgan fingerprint density at radius 2 is 1.84 bits per heavy atom. The van der Waals surface area contributed by atoms with E-state index in [4.69, 9.17) is 14.3 Å². The van der Waals surface area contributed by atoms with Crippen LogP contribution in [0.2, 0.25) is 0 Å². The molecular formula is C25H20N4O3. The number of nitrogens with zero attached hydrogens (tertiary/aromatic N) is 3. The molecule has 0 saturated carbocycles. The number of nitrogens with one attached hydrogen (secondary N) is 1. The van der Waals surface area contributed by atoms with Gasteiger partial charge in [-0.3, -0.25) is 4.79 Å². The smallest absolute Gasteiger partial charge is 0.270 e. The molecule has 0 radical (unpaired) electrons. The van der Waals surface area contributed by atoms with E-state index >= 15 is 0 Å². The fourth-order valence-electron chi connectivity index (χ4n) is 3.50. The minimum atomic E-state index is -0.296. The van der Waals surface area contributed by atoms with Gasteiger partial charge in [-0.05, 0) is 30.3 Å². The van der Waals surface area contributed by atoms with Gasteiger partial charge in [0, 0.05) is 17.2 Å². The van der Waals surface area contributed by atoms with Crippen molar-refractivity contribution in [1.29, 1.82) is 0 Å². The van der Waals surface area contributed by atoms with Crippen LogP contribution in [-0.4, -0.2) is 27.6 Å². The van der Waals surface area contributed by atoms with E-state index in [1.54, 1.807) is 30.0 Å². The number of hydrogen-bond acceptors (Lipinski definition) is 5. The van der Waals surface area contributed by atoms with E-state index in [1.807, 2.05) is 66.7 Å². The van der Waals surface area contributed by atoms with Crippen LogP contribution in [-0.2, 0) is 6.54 Å². The van der Waals surface area contributed by atoms with Crippen molar-refractivity contribution < 1.29 is 13.9 Å². The first-order valence-corrected chi connectivity index (χ1v) is 10.1. The van der Waals surface area contributed by atoms with Crippen molar-refractivity contribution >= 4 is 11.6 Å². The van der Waals surface area contributed by atoms with Crippen molar-refractivity contribution in [3.05, 3.63) is 96.6 Å². The van der Waals surface area contributed by atoms with Crippen molar-refractivity contribution in [2.45, 2.75) is 6.54 Å². The summed E-state index contributed by atoms with van der Waals surface area (Å²) in [6, 6.07) is 24.7. The van der Waals surface area contributed by atoms with E-state index < -0.39 is 0 Å². The molecule has 5 rings (SSSR count). The minimum absolute atomic E-state index is 0.279. The Morgan fingerprint density at radius 3 is 2.62 bits per heavy atom. The molecule has 0 aliphatic rings. The molecule has 0 bridgehead atoms. The molecule has 0 atom stereocenters. The molecule has 5 aromatic rings. The number of carbonyl (C=O) groups excluding carboxylic acids is 1. The molecule has 0 aliphatic heterocycles. The Hall–Kier alpha value is -4.39. The number of methoxy groups -OCH3 is 1. The second-order valence-electron chi connectivity index (χ2n) is 7.19. The summed E-state index contributed by atoms with van der Waals surface area (Å²) in [6.45, 7) is 0.279. The molecule has 0 unspecified atom stereocenters. The summed E-state index contributed by atoms with van der Waals surface area (Å²) in [4.78, 5) is 17.5. The topological polar surface area (TPSA) is 81.7 Å². The molecular weight excluding hydrogens is 404 g/mol. The zero-order valence-electron chi connectivity index (χ0n) is 17.4. The first kappa shape index (κ1) is 19.6. The normalized spacial score (nSPS) is 10.9. The summed E-state index contributed by atoms with van der Waals surface area (Å²) in [5, 5.41) is 7.62. The fourth-order valence-corrected chi connectivity index (χ4v) is 3.50. The van der Waals surface area contributed by atoms with Gasteiger partial charge in [0.2, 0.25) is 0 Å². The van der Waals surface area contributed by atoms with Crippen LogP contribution in [0.25, 0.3) is 28.2 Å². The van der Waals surface area contributed by atoms with Crippen LogP contribution in [0.4, 0.5) is 0 Å². The Balaban J connectivity index is 1.60. The maximum Gasteiger partial charge on any atom is 0.270 e. The number of fused-ring (bicyclic) bond motifs is 1. The van der Waals surface area contributed by atoms with Crippen LogP contribution in [0.5, 0.6) is 5.75 Å². The van der Waals surface area contributed by atoms with Gasteiger partial charge in [0.05, 0.1) is 31.3 Å². The lowest BCUT2D eigenvalue weighted by Gasteiger charge is -2.10. The molecule has 7 nitrogen and oxygen atoms in total. The quantitative estimate of drug-likeness (QED) is 0.431. The van der Waals surface area contributed by atoms with Crippen LogP contribution in [0, 0.1) is 0 Å². The van der Waals surface area contributed by atoms with Crippen molar-refractivity contribution in [2.75, 3.05) is 7.11 Å². The maximum atomic E-state index is 12.9. The van der Waals surface area contributed by atoms with Gasteiger partial charge < -0.3 is 14.5 Å². The lowest BCUT2D eigenvalue weighted by molar-refractivity contribution is 0.0943. The standard InChI is InChI=1S/C25H20N4O3/c1-31-19-10-5-9-18(13-19)23-14-22(25(30)26-16-20-11-6-12-32-20)27-24-15-21(28-29(23)24)17-7-3-2-4-8-17/h2-15H,16H2,1H3,(H,26,30). The molecule has 3 heterocycles. The zero-order valence-corrected chi connectivity index (χ0v) is 17.4. The molecule has 1 amide bonds. The third-order valence-electron chi connectivity index (χ3n) is 5.10. The van der Waals surface area contributed by atoms with Crippen LogP contribution >= 0.6 is 0 Å². The second-order valence-corrected chi connectivity index (χ2v) is 7.19. The van der Waals surface area contributed by atoms with Crippen molar-refractivity contribution in [3.8, 4) is 28.3 Å². The number of furan rings is 1. The number of carbonyl (C=O) groups is 1. The van der Waals surface area contributed by atoms with Crippen molar-refractivity contribution in [3.63, 3.8) is 0 Å². The lowest BCUT2D eigenvalue weighted by atomic mass is 10.1. The van der Waals surface area contributed by atoms with E-state index in [9.17, 15) is 4.79 Å². The van der Waals surface area contributed by atoms with Crippen LogP contribution < -0.4 is 10.1 Å². The summed E-state index contributed by atoms with van der Waals surface area (Å²) in [7, 11) is 1.62. The predicted molar refractivity (Wildman–Crippen MR) is 120 cm³/mol. The Morgan fingerprint density at radius 1 is 1.00 bits per heavy atom. The fraction of sp³-hybridized carbons (Fsp3) is 0.0800. The molecule has 0 fully saturated rings. The molecule has 3 aromatic heterocycles. The molecule has 0 saturated heterocycles. The van der Waals surface area contributed by atoms with Crippen molar-refractivity contribution in [2.24, 2.45) is 0 Å². The van der Waals surface area contributed by atoms with Crippen LogP contribution in [0.1, 0.15) is 16.2 Å². The molecule has 2 aromatic carbocycles. The van der Waals surface area contributed by atoms with E-state index in [0.29, 0.717) is 22.9 Å². The van der Waals surface area contributed by atoms with Gasteiger partial charge in [0.15, 0.2) is 5.65 Å². The summed E-state index contributed by atoms with van der Waals surface area (Å²) in [5.41, 5.74) is 4.21. The third kappa shape index (κ3) is 3.83. The first-order chi connectivity index (χ1) is 15.7. The molecule has 158 valence electrons. The van der Waals surface area contributed by atoms with Gasteiger partial charge >= 0.3 is 0 Å². The zero-order chi connectivity index (χ0) is 21.9. The highest BCUT2D eigenvalue weighted by Gasteiger charge is 2.17. The highest BCUT2D eigenvalue weighted by Crippen LogP contribution is 2.27. The average molecular weight is 424 g/mol. The summed E-state index contributed by atoms with van der Waals surface area (Å²) in [6.07, 6.45) is 1.57. The van der Waals surface area contributed by atoms with Crippen LogP contribution in [0.15, 0.2) is 89.5 Å². The predicted octanol–water partition coefficient (Wildman–Crippen LogP) is 4.59. The van der Waals surface area contributed by atoms with Crippen molar-refractivity contribution in [1.82, 2.24) is 19.9 Å². The summed E-state index contributed by atoms with van der Waals surface area (Å²) < 4.78 is 12.4. The Bertz CT molecular complexity index is 1380. The maximum absolute atomic E-state index is 12.9. The highest BCUT2D eigenvalue weighted by molar-refractivity contribution is 5.94. The molecule has 32 heavy (non-hydrogen) atoms.